The fourth-order valence-corrected chi connectivity index (χ4v) is 2.26. The van der Waals surface area contributed by atoms with E-state index in [2.05, 4.69) is 49.6 Å². The van der Waals surface area contributed by atoms with Gasteiger partial charge in [-0.3, -0.25) is 4.98 Å². The molecular weight excluding hydrogens is 252 g/mol. The maximum Gasteiger partial charge on any atom is 0.0675 e. The molecule has 0 N–H and O–H groups in total. The highest BCUT2D eigenvalue weighted by atomic mass is 79.9. The van der Waals surface area contributed by atoms with E-state index in [4.69, 9.17) is 0 Å². The van der Waals surface area contributed by atoms with Crippen molar-refractivity contribution in [3.63, 3.8) is 0 Å². The number of nitrogens with zero attached hydrogens (tertiary/aromatic N) is 2. The molecule has 0 aliphatic carbocycles. The Morgan fingerprint density at radius 2 is 2.07 bits per heavy atom. The van der Waals surface area contributed by atoms with Gasteiger partial charge in [0.05, 0.1) is 16.7 Å². The molecule has 0 bridgehead atoms. The van der Waals surface area contributed by atoms with Crippen molar-refractivity contribution in [3.8, 4) is 0 Å². The van der Waals surface area contributed by atoms with E-state index in [0.717, 1.165) is 10.2 Å². The maximum atomic E-state index is 4.29. The Bertz CT molecular complexity index is 655. The van der Waals surface area contributed by atoms with Gasteiger partial charge in [0.2, 0.25) is 0 Å². The molecule has 0 spiro atoms. The molecule has 0 atom stereocenters. The summed E-state index contributed by atoms with van der Waals surface area (Å²) in [6.07, 6.45) is 3.83. The standard InChI is InChI=1S/C12H9BrN2/c1-8-11-6-9-2-3-10(13)7-12(9)15(11)5-4-14-8/h2-7H,1H3. The van der Waals surface area contributed by atoms with Gasteiger partial charge in [-0.15, -0.1) is 0 Å². The molecule has 3 heteroatoms. The van der Waals surface area contributed by atoms with E-state index < -0.39 is 0 Å². The first kappa shape index (κ1) is 8.92. The summed E-state index contributed by atoms with van der Waals surface area (Å²) in [5, 5.41) is 1.24. The molecule has 74 valence electrons. The van der Waals surface area contributed by atoms with Gasteiger partial charge in [-0.25, -0.2) is 0 Å². The summed E-state index contributed by atoms with van der Waals surface area (Å²) in [6, 6.07) is 8.47. The summed E-state index contributed by atoms with van der Waals surface area (Å²) in [5.41, 5.74) is 3.44. The van der Waals surface area contributed by atoms with E-state index in [1.54, 1.807) is 0 Å². The molecule has 0 aliphatic heterocycles. The first-order valence-corrected chi connectivity index (χ1v) is 5.57. The van der Waals surface area contributed by atoms with Gasteiger partial charge in [-0.2, -0.15) is 0 Å². The van der Waals surface area contributed by atoms with Crippen LogP contribution in [0.3, 0.4) is 0 Å². The summed E-state index contributed by atoms with van der Waals surface area (Å²) in [7, 11) is 0. The highest BCUT2D eigenvalue weighted by Crippen LogP contribution is 2.24. The van der Waals surface area contributed by atoms with Crippen LogP contribution >= 0.6 is 15.9 Å². The Hall–Kier alpha value is -1.35. The minimum atomic E-state index is 1.06. The van der Waals surface area contributed by atoms with Gasteiger partial charge in [0.25, 0.3) is 0 Å². The minimum Gasteiger partial charge on any atom is -0.313 e. The van der Waals surface area contributed by atoms with E-state index in [9.17, 15) is 0 Å². The van der Waals surface area contributed by atoms with Crippen molar-refractivity contribution in [2.24, 2.45) is 0 Å². The molecule has 0 saturated heterocycles. The molecule has 0 aliphatic rings. The van der Waals surface area contributed by atoms with Crippen molar-refractivity contribution in [1.29, 1.82) is 0 Å². The summed E-state index contributed by atoms with van der Waals surface area (Å²) in [6.45, 7) is 2.03. The van der Waals surface area contributed by atoms with Crippen LogP contribution < -0.4 is 0 Å². The molecule has 3 rings (SSSR count). The van der Waals surface area contributed by atoms with Gasteiger partial charge in [0.1, 0.15) is 0 Å². The zero-order valence-corrected chi connectivity index (χ0v) is 9.82. The van der Waals surface area contributed by atoms with Crippen LogP contribution in [0.4, 0.5) is 0 Å². The Labute approximate surface area is 95.7 Å². The molecule has 15 heavy (non-hydrogen) atoms. The fourth-order valence-electron chi connectivity index (χ4n) is 1.91. The molecule has 2 heterocycles. The number of hydrogen-bond donors (Lipinski definition) is 0. The van der Waals surface area contributed by atoms with Crippen molar-refractivity contribution >= 4 is 32.3 Å². The molecule has 0 radical (unpaired) electrons. The lowest BCUT2D eigenvalue weighted by Crippen LogP contribution is -1.88. The summed E-state index contributed by atoms with van der Waals surface area (Å²) in [4.78, 5) is 4.29. The third-order valence-electron chi connectivity index (χ3n) is 2.66. The highest BCUT2D eigenvalue weighted by Gasteiger charge is 2.04. The molecule has 0 fully saturated rings. The van der Waals surface area contributed by atoms with Gasteiger partial charge >= 0.3 is 0 Å². The normalized spacial score (nSPS) is 11.3. The monoisotopic (exact) mass is 260 g/mol. The Morgan fingerprint density at radius 3 is 2.93 bits per heavy atom. The van der Waals surface area contributed by atoms with Crippen LogP contribution in [0.15, 0.2) is 41.1 Å². The third-order valence-corrected chi connectivity index (χ3v) is 3.15. The van der Waals surface area contributed by atoms with Gasteiger partial charge < -0.3 is 4.40 Å². The number of aromatic nitrogens is 2. The molecule has 2 nitrogen and oxygen atoms in total. The largest absolute Gasteiger partial charge is 0.313 e. The number of rotatable bonds is 0. The molecule has 1 aromatic carbocycles. The minimum absolute atomic E-state index is 1.06. The second-order valence-electron chi connectivity index (χ2n) is 3.62. The van der Waals surface area contributed by atoms with Crippen molar-refractivity contribution in [3.05, 3.63) is 46.8 Å². The van der Waals surface area contributed by atoms with E-state index in [-0.39, 0.29) is 0 Å². The van der Waals surface area contributed by atoms with E-state index >= 15 is 0 Å². The van der Waals surface area contributed by atoms with Crippen molar-refractivity contribution in [1.82, 2.24) is 9.38 Å². The molecule has 0 saturated carbocycles. The summed E-state index contributed by atoms with van der Waals surface area (Å²) in [5.74, 6) is 0. The zero-order valence-electron chi connectivity index (χ0n) is 8.24. The summed E-state index contributed by atoms with van der Waals surface area (Å²) < 4.78 is 3.27. The SMILES string of the molecule is Cc1nccn2c1cc1ccc(Br)cc12. The van der Waals surface area contributed by atoms with Gasteiger partial charge in [0.15, 0.2) is 0 Å². The lowest BCUT2D eigenvalue weighted by molar-refractivity contribution is 1.12. The quantitative estimate of drug-likeness (QED) is 0.604. The van der Waals surface area contributed by atoms with E-state index in [1.165, 1.54) is 16.4 Å². The Morgan fingerprint density at radius 1 is 1.20 bits per heavy atom. The van der Waals surface area contributed by atoms with Gasteiger partial charge in [0, 0.05) is 22.3 Å². The molecule has 0 amide bonds. The second-order valence-corrected chi connectivity index (χ2v) is 4.53. The number of benzene rings is 1. The number of hydrogen-bond acceptors (Lipinski definition) is 1. The van der Waals surface area contributed by atoms with Crippen LogP contribution in [0.1, 0.15) is 5.69 Å². The van der Waals surface area contributed by atoms with Crippen LogP contribution in [-0.2, 0) is 0 Å². The van der Waals surface area contributed by atoms with Crippen LogP contribution in [0.2, 0.25) is 0 Å². The summed E-state index contributed by atoms with van der Waals surface area (Å²) >= 11 is 3.49. The van der Waals surface area contributed by atoms with Crippen molar-refractivity contribution in [2.75, 3.05) is 0 Å². The fraction of sp³-hybridized carbons (Fsp3) is 0.0833. The molecular formula is C12H9BrN2. The van der Waals surface area contributed by atoms with Crippen LogP contribution in [0.5, 0.6) is 0 Å². The lowest BCUT2D eigenvalue weighted by Gasteiger charge is -1.98. The average molecular weight is 261 g/mol. The maximum absolute atomic E-state index is 4.29. The highest BCUT2D eigenvalue weighted by molar-refractivity contribution is 9.10. The smallest absolute Gasteiger partial charge is 0.0675 e. The molecule has 3 aromatic rings. The van der Waals surface area contributed by atoms with Crippen molar-refractivity contribution < 1.29 is 0 Å². The Balaban J connectivity index is 2.58. The van der Waals surface area contributed by atoms with Gasteiger partial charge in [-0.05, 0) is 25.1 Å². The van der Waals surface area contributed by atoms with Crippen molar-refractivity contribution in [2.45, 2.75) is 6.92 Å². The van der Waals surface area contributed by atoms with Crippen LogP contribution in [0.25, 0.3) is 16.4 Å². The van der Waals surface area contributed by atoms with Crippen LogP contribution in [0, 0.1) is 6.92 Å². The topological polar surface area (TPSA) is 17.3 Å². The number of fused-ring (bicyclic) bond motifs is 3. The Kier molecular flexibility index (Phi) is 1.83. The molecule has 2 aromatic heterocycles. The average Bonchev–Trinajstić information content (AvgIpc) is 2.58. The van der Waals surface area contributed by atoms with Gasteiger partial charge in [-0.1, -0.05) is 22.0 Å². The first-order valence-electron chi connectivity index (χ1n) is 4.77. The number of halogens is 1. The molecule has 0 unspecified atom stereocenters. The lowest BCUT2D eigenvalue weighted by atomic mass is 10.2. The van der Waals surface area contributed by atoms with E-state index in [0.29, 0.717) is 0 Å². The van der Waals surface area contributed by atoms with Crippen LogP contribution in [-0.4, -0.2) is 9.38 Å². The number of aryl methyl sites for hydroxylation is 1. The van der Waals surface area contributed by atoms with E-state index in [1.807, 2.05) is 19.3 Å². The predicted octanol–water partition coefficient (Wildman–Crippen LogP) is 3.56. The third kappa shape index (κ3) is 1.27. The second kappa shape index (κ2) is 3.07. The zero-order chi connectivity index (χ0) is 10.4. The first-order chi connectivity index (χ1) is 7.25. The predicted molar refractivity (Wildman–Crippen MR) is 65.1 cm³/mol.